The summed E-state index contributed by atoms with van der Waals surface area (Å²) < 4.78 is 10.7. The van der Waals surface area contributed by atoms with Gasteiger partial charge in [0, 0.05) is 25.7 Å². The quantitative estimate of drug-likeness (QED) is 0.787. The van der Waals surface area contributed by atoms with Gasteiger partial charge in [-0.15, -0.1) is 0 Å². The molecule has 1 aromatic carbocycles. The van der Waals surface area contributed by atoms with Crippen molar-refractivity contribution in [3.8, 4) is 5.75 Å². The van der Waals surface area contributed by atoms with E-state index in [0.29, 0.717) is 48.9 Å². The number of hydrogen-bond acceptors (Lipinski definition) is 5. The van der Waals surface area contributed by atoms with E-state index in [4.69, 9.17) is 9.47 Å². The van der Waals surface area contributed by atoms with Crippen molar-refractivity contribution < 1.29 is 23.9 Å². The lowest BCUT2D eigenvalue weighted by molar-refractivity contribution is -0.140. The molecule has 1 fully saturated rings. The van der Waals surface area contributed by atoms with Gasteiger partial charge in [-0.25, -0.2) is 4.79 Å². The molecule has 9 nitrogen and oxygen atoms in total. The van der Waals surface area contributed by atoms with Crippen LogP contribution < -0.4 is 10.1 Å². The third-order valence-electron chi connectivity index (χ3n) is 5.57. The Morgan fingerprint density at radius 3 is 2.69 bits per heavy atom. The molecule has 0 spiro atoms. The largest absolute Gasteiger partial charge is 0.496 e. The van der Waals surface area contributed by atoms with Crippen LogP contribution >= 0.6 is 0 Å². The molecule has 1 N–H and O–H groups in total. The minimum atomic E-state index is -0.624. The molecule has 0 aliphatic carbocycles. The van der Waals surface area contributed by atoms with Crippen molar-refractivity contribution in [2.75, 3.05) is 53.6 Å². The fraction of sp³-hybridized carbons (Fsp3) is 0.450. The first-order chi connectivity index (χ1) is 14.0. The number of nitrogens with zero attached hydrogens (tertiary/aromatic N) is 3. The number of carbonyl (C=O) groups is 3. The third-order valence-corrected chi connectivity index (χ3v) is 5.57. The first kappa shape index (κ1) is 19.3. The second kappa shape index (κ2) is 7.75. The van der Waals surface area contributed by atoms with Crippen LogP contribution in [0.15, 0.2) is 35.5 Å². The van der Waals surface area contributed by atoms with Crippen molar-refractivity contribution in [1.82, 2.24) is 20.0 Å². The number of ether oxygens (including phenoxy) is 2. The maximum atomic E-state index is 13.2. The van der Waals surface area contributed by atoms with E-state index in [2.05, 4.69) is 5.32 Å². The molecule has 9 heteroatoms. The van der Waals surface area contributed by atoms with Gasteiger partial charge in [-0.2, -0.15) is 0 Å². The predicted molar refractivity (Wildman–Crippen MR) is 103 cm³/mol. The standard InChI is InChI=1S/C20H24N4O5/c1-22-14-11-24(12-16(25)23-7-9-29-10-8-23)19(26)17(14)18(21-20(22)27)13-5-3-4-6-15(13)28-2/h3-6,18H,7-12H2,1-2H3,(H,21,27). The number of rotatable bonds is 4. The molecule has 4 amide bonds. The van der Waals surface area contributed by atoms with Crippen LogP contribution in [-0.2, 0) is 14.3 Å². The Morgan fingerprint density at radius 1 is 1.24 bits per heavy atom. The normalized spacial score (nSPS) is 22.0. The zero-order valence-electron chi connectivity index (χ0n) is 16.5. The zero-order valence-corrected chi connectivity index (χ0v) is 16.5. The van der Waals surface area contributed by atoms with Crippen molar-refractivity contribution in [2.45, 2.75) is 6.04 Å². The maximum Gasteiger partial charge on any atom is 0.322 e. The van der Waals surface area contributed by atoms with Crippen LogP contribution in [-0.4, -0.2) is 86.1 Å². The van der Waals surface area contributed by atoms with Gasteiger partial charge in [0.25, 0.3) is 5.91 Å². The first-order valence-corrected chi connectivity index (χ1v) is 9.56. The summed E-state index contributed by atoms with van der Waals surface area (Å²) in [7, 11) is 3.18. The molecule has 1 saturated heterocycles. The van der Waals surface area contributed by atoms with Crippen molar-refractivity contribution >= 4 is 17.8 Å². The minimum Gasteiger partial charge on any atom is -0.496 e. The first-order valence-electron chi connectivity index (χ1n) is 9.56. The van der Waals surface area contributed by atoms with Crippen LogP contribution in [0, 0.1) is 0 Å². The van der Waals surface area contributed by atoms with E-state index in [-0.39, 0.29) is 30.9 Å². The van der Waals surface area contributed by atoms with Crippen LogP contribution in [0.25, 0.3) is 0 Å². The highest BCUT2D eigenvalue weighted by molar-refractivity contribution is 6.03. The molecule has 3 heterocycles. The van der Waals surface area contributed by atoms with Gasteiger partial charge in [0.05, 0.1) is 44.2 Å². The van der Waals surface area contributed by atoms with Crippen LogP contribution in [0.5, 0.6) is 5.75 Å². The van der Waals surface area contributed by atoms with Crippen LogP contribution in [0.4, 0.5) is 4.79 Å². The lowest BCUT2D eigenvalue weighted by Gasteiger charge is -2.31. The van der Waals surface area contributed by atoms with Gasteiger partial charge in [-0.1, -0.05) is 18.2 Å². The second-order valence-corrected chi connectivity index (χ2v) is 7.20. The van der Waals surface area contributed by atoms with E-state index in [9.17, 15) is 14.4 Å². The van der Waals surface area contributed by atoms with Gasteiger partial charge in [0.15, 0.2) is 0 Å². The topological polar surface area (TPSA) is 91.4 Å². The number of likely N-dealkylation sites (N-methyl/N-ethyl adjacent to an activating group) is 1. The molecule has 3 aliphatic heterocycles. The van der Waals surface area contributed by atoms with Crippen molar-refractivity contribution in [2.24, 2.45) is 0 Å². The number of hydrogen-bond donors (Lipinski definition) is 1. The number of nitrogens with one attached hydrogen (secondary N) is 1. The van der Waals surface area contributed by atoms with Gasteiger partial charge in [0.2, 0.25) is 5.91 Å². The number of morpholine rings is 1. The van der Waals surface area contributed by atoms with Crippen LogP contribution in [0.1, 0.15) is 11.6 Å². The van der Waals surface area contributed by atoms with Crippen molar-refractivity contribution in [3.63, 3.8) is 0 Å². The fourth-order valence-electron chi connectivity index (χ4n) is 3.97. The lowest BCUT2D eigenvalue weighted by Crippen LogP contribution is -2.46. The Labute approximate surface area is 168 Å². The number of para-hydroxylation sites is 1. The average molecular weight is 400 g/mol. The highest BCUT2D eigenvalue weighted by Gasteiger charge is 2.44. The monoisotopic (exact) mass is 400 g/mol. The van der Waals surface area contributed by atoms with Gasteiger partial charge < -0.3 is 24.6 Å². The molecule has 154 valence electrons. The number of benzene rings is 1. The molecule has 0 aromatic heterocycles. The number of carbonyl (C=O) groups excluding carboxylic acids is 3. The Balaban J connectivity index is 1.60. The third kappa shape index (κ3) is 3.42. The smallest absolute Gasteiger partial charge is 0.322 e. The molecule has 0 radical (unpaired) electrons. The molecule has 1 atom stereocenters. The Hall–Kier alpha value is -3.07. The SMILES string of the molecule is COc1ccccc1C1NC(=O)N(C)C2=C1C(=O)N(CC(=O)N1CCOCC1)C2. The summed E-state index contributed by atoms with van der Waals surface area (Å²) in [6.07, 6.45) is 0. The lowest BCUT2D eigenvalue weighted by atomic mass is 9.95. The summed E-state index contributed by atoms with van der Waals surface area (Å²) >= 11 is 0. The average Bonchev–Trinajstić information content (AvgIpc) is 3.07. The zero-order chi connectivity index (χ0) is 20.5. The Kier molecular flexibility index (Phi) is 5.14. The van der Waals surface area contributed by atoms with E-state index < -0.39 is 6.04 Å². The molecule has 4 rings (SSSR count). The summed E-state index contributed by atoms with van der Waals surface area (Å²) in [6, 6.07) is 6.36. The summed E-state index contributed by atoms with van der Waals surface area (Å²) in [6.45, 7) is 2.26. The summed E-state index contributed by atoms with van der Waals surface area (Å²) in [5.41, 5.74) is 1.80. The maximum absolute atomic E-state index is 13.2. The molecule has 29 heavy (non-hydrogen) atoms. The Bertz CT molecular complexity index is 877. The molecule has 0 saturated carbocycles. The highest BCUT2D eigenvalue weighted by Crippen LogP contribution is 2.38. The second-order valence-electron chi connectivity index (χ2n) is 7.20. The van der Waals surface area contributed by atoms with Crippen LogP contribution in [0.3, 0.4) is 0 Å². The number of amides is 4. The molecule has 0 bridgehead atoms. The van der Waals surface area contributed by atoms with E-state index in [0.717, 1.165) is 0 Å². The molecule has 1 aromatic rings. The summed E-state index contributed by atoms with van der Waals surface area (Å²) in [4.78, 5) is 43.1. The summed E-state index contributed by atoms with van der Waals surface area (Å²) in [5, 5.41) is 2.89. The number of urea groups is 1. The van der Waals surface area contributed by atoms with Gasteiger partial charge in [-0.05, 0) is 6.07 Å². The van der Waals surface area contributed by atoms with E-state index in [1.165, 1.54) is 9.80 Å². The van der Waals surface area contributed by atoms with Gasteiger partial charge >= 0.3 is 6.03 Å². The van der Waals surface area contributed by atoms with Crippen molar-refractivity contribution in [1.29, 1.82) is 0 Å². The minimum absolute atomic E-state index is 0.0213. The highest BCUT2D eigenvalue weighted by atomic mass is 16.5. The predicted octanol–water partition coefficient (Wildman–Crippen LogP) is 0.346. The van der Waals surface area contributed by atoms with Crippen molar-refractivity contribution in [3.05, 3.63) is 41.1 Å². The molecular formula is C20H24N4O5. The van der Waals surface area contributed by atoms with E-state index >= 15 is 0 Å². The molecule has 3 aliphatic rings. The molecule has 1 unspecified atom stereocenters. The summed E-state index contributed by atoms with van der Waals surface area (Å²) in [5.74, 6) is 0.228. The van der Waals surface area contributed by atoms with E-state index in [1.54, 1.807) is 25.1 Å². The van der Waals surface area contributed by atoms with Gasteiger partial charge in [-0.3, -0.25) is 14.5 Å². The Morgan fingerprint density at radius 2 is 1.97 bits per heavy atom. The van der Waals surface area contributed by atoms with E-state index in [1.807, 2.05) is 18.2 Å². The molecular weight excluding hydrogens is 376 g/mol. The fourth-order valence-corrected chi connectivity index (χ4v) is 3.97. The van der Waals surface area contributed by atoms with Gasteiger partial charge in [0.1, 0.15) is 12.3 Å². The number of methoxy groups -OCH3 is 1. The van der Waals surface area contributed by atoms with Crippen LogP contribution in [0.2, 0.25) is 0 Å².